The first-order valence-electron chi connectivity index (χ1n) is 7.40. The van der Waals surface area contributed by atoms with Gasteiger partial charge in [-0.2, -0.15) is 14.6 Å². The van der Waals surface area contributed by atoms with E-state index in [0.717, 1.165) is 29.1 Å². The van der Waals surface area contributed by atoms with Crippen molar-refractivity contribution in [1.82, 2.24) is 0 Å². The third-order valence-corrected chi connectivity index (χ3v) is 3.76. The van der Waals surface area contributed by atoms with Gasteiger partial charge in [0.2, 0.25) is 0 Å². The second-order valence-electron chi connectivity index (χ2n) is 4.95. The topological polar surface area (TPSA) is 78.3 Å². The van der Waals surface area contributed by atoms with Crippen molar-refractivity contribution < 1.29 is 44.2 Å². The van der Waals surface area contributed by atoms with Crippen molar-refractivity contribution in [3.63, 3.8) is 0 Å². The molecule has 0 saturated heterocycles. The minimum absolute atomic E-state index is 0. The molecule has 0 atom stereocenters. The Balaban J connectivity index is 0.00000243. The maximum absolute atomic E-state index is 9.85. The normalized spacial score (nSPS) is 10.5. The van der Waals surface area contributed by atoms with Crippen LogP contribution in [0.4, 0.5) is 22.7 Å². The van der Waals surface area contributed by atoms with E-state index in [4.69, 9.17) is 0 Å². The summed E-state index contributed by atoms with van der Waals surface area (Å²) in [5.74, 6) is 0. The molecule has 8 heteroatoms. The number of anilines is 2. The molecule has 26 heavy (non-hydrogen) atoms. The van der Waals surface area contributed by atoms with Gasteiger partial charge in [-0.15, -0.1) is 0 Å². The molecule has 0 aliphatic carbocycles. The summed E-state index contributed by atoms with van der Waals surface area (Å²) in [6.07, 6.45) is 0. The Bertz CT molecular complexity index is 833. The van der Waals surface area contributed by atoms with Crippen LogP contribution in [0.5, 0.6) is 0 Å². The van der Waals surface area contributed by atoms with Crippen LogP contribution < -0.4 is 40.1 Å². The van der Waals surface area contributed by atoms with Crippen LogP contribution >= 0.6 is 12.0 Å². The SMILES string of the molecule is [Na+].[O-]OOSc1cccc(N=Nc2ccc(Nc3ccccc3)cc2)c1. The van der Waals surface area contributed by atoms with Crippen molar-refractivity contribution in [2.75, 3.05) is 5.32 Å². The van der Waals surface area contributed by atoms with Crippen molar-refractivity contribution in [2.24, 2.45) is 10.2 Å². The summed E-state index contributed by atoms with van der Waals surface area (Å²) in [7, 11) is 0. The summed E-state index contributed by atoms with van der Waals surface area (Å²) in [5, 5.41) is 24.9. The molecule has 3 aromatic carbocycles. The fourth-order valence-electron chi connectivity index (χ4n) is 2.07. The van der Waals surface area contributed by atoms with E-state index < -0.39 is 0 Å². The first-order chi connectivity index (χ1) is 12.3. The number of benzene rings is 3. The molecule has 0 fully saturated rings. The maximum atomic E-state index is 9.85. The van der Waals surface area contributed by atoms with Crippen LogP contribution in [-0.4, -0.2) is 0 Å². The number of rotatable bonds is 7. The number of nitrogens with zero attached hydrogens (tertiary/aromatic N) is 2. The predicted octanol–water partition coefficient (Wildman–Crippen LogP) is 2.08. The van der Waals surface area contributed by atoms with Crippen molar-refractivity contribution in [2.45, 2.75) is 4.90 Å². The van der Waals surface area contributed by atoms with Gasteiger partial charge >= 0.3 is 29.6 Å². The Labute approximate surface area is 177 Å². The smallest absolute Gasteiger partial charge is 0.691 e. The second kappa shape index (κ2) is 11.1. The van der Waals surface area contributed by atoms with Crippen LogP contribution in [0.25, 0.3) is 0 Å². The summed E-state index contributed by atoms with van der Waals surface area (Å²) >= 11 is 0.814. The van der Waals surface area contributed by atoms with Gasteiger partial charge in [-0.3, -0.25) is 5.04 Å². The largest absolute Gasteiger partial charge is 1.00 e. The summed E-state index contributed by atoms with van der Waals surface area (Å²) in [4.78, 5) is 0.690. The van der Waals surface area contributed by atoms with Crippen LogP contribution in [-0.2, 0) is 9.37 Å². The number of azo groups is 1. The molecule has 3 aromatic rings. The Morgan fingerprint density at radius 2 is 1.46 bits per heavy atom. The average Bonchev–Trinajstić information content (AvgIpc) is 2.67. The zero-order valence-corrected chi connectivity index (χ0v) is 16.8. The standard InChI is InChI=1S/C18H15N3O3S.Na/c22-23-24-25-18-8-4-7-17(13-18)21-20-16-11-9-15(10-12-16)19-14-5-2-1-3-6-14;/h1-13,19,22H;/q;+1/p-1. The van der Waals surface area contributed by atoms with Gasteiger partial charge in [0.25, 0.3) is 0 Å². The molecular formula is C18H14N3NaO3S. The molecule has 0 aromatic heterocycles. The molecule has 0 unspecified atom stereocenters. The summed E-state index contributed by atoms with van der Waals surface area (Å²) in [6.45, 7) is 0. The van der Waals surface area contributed by atoms with E-state index in [9.17, 15) is 5.26 Å². The molecule has 0 spiro atoms. The molecule has 0 radical (unpaired) electrons. The van der Waals surface area contributed by atoms with E-state index >= 15 is 0 Å². The third kappa shape index (κ3) is 6.54. The van der Waals surface area contributed by atoms with E-state index in [1.165, 1.54) is 0 Å². The summed E-state index contributed by atoms with van der Waals surface area (Å²) in [6, 6.07) is 24.7. The van der Waals surface area contributed by atoms with E-state index in [1.54, 1.807) is 24.3 Å². The monoisotopic (exact) mass is 375 g/mol. The van der Waals surface area contributed by atoms with Crippen LogP contribution in [0.2, 0.25) is 0 Å². The van der Waals surface area contributed by atoms with Gasteiger partial charge in [0, 0.05) is 16.3 Å². The third-order valence-electron chi connectivity index (χ3n) is 3.19. The molecule has 1 N–H and O–H groups in total. The first-order valence-corrected chi connectivity index (χ1v) is 8.15. The van der Waals surface area contributed by atoms with Crippen LogP contribution in [0, 0.1) is 0 Å². The molecular weight excluding hydrogens is 361 g/mol. The zero-order valence-electron chi connectivity index (χ0n) is 14.0. The fourth-order valence-corrected chi connectivity index (χ4v) is 2.48. The van der Waals surface area contributed by atoms with Gasteiger partial charge in [-0.25, -0.2) is 0 Å². The van der Waals surface area contributed by atoms with Crippen molar-refractivity contribution in [1.29, 1.82) is 0 Å². The number of para-hydroxylation sites is 1. The number of hydrogen-bond acceptors (Lipinski definition) is 7. The van der Waals surface area contributed by atoms with E-state index in [0.29, 0.717) is 10.6 Å². The van der Waals surface area contributed by atoms with Crippen molar-refractivity contribution in [3.05, 3.63) is 78.9 Å². The Hall–Kier alpha value is -1.71. The molecule has 0 bridgehead atoms. The second-order valence-corrected chi connectivity index (χ2v) is 5.73. The van der Waals surface area contributed by atoms with Crippen LogP contribution in [0.3, 0.4) is 0 Å². The maximum Gasteiger partial charge on any atom is 1.00 e. The molecule has 126 valence electrons. The Morgan fingerprint density at radius 1 is 0.769 bits per heavy atom. The van der Waals surface area contributed by atoms with Gasteiger partial charge in [0.15, 0.2) is 0 Å². The predicted molar refractivity (Wildman–Crippen MR) is 94.8 cm³/mol. The van der Waals surface area contributed by atoms with Crippen molar-refractivity contribution in [3.8, 4) is 0 Å². The fraction of sp³-hybridized carbons (Fsp3) is 0. The first kappa shape index (κ1) is 20.6. The molecule has 6 nitrogen and oxygen atoms in total. The van der Waals surface area contributed by atoms with Crippen LogP contribution in [0.1, 0.15) is 0 Å². The molecule has 0 saturated carbocycles. The Morgan fingerprint density at radius 3 is 2.19 bits per heavy atom. The van der Waals surface area contributed by atoms with E-state index in [2.05, 4.69) is 24.9 Å². The number of nitrogens with one attached hydrogen (secondary N) is 1. The van der Waals surface area contributed by atoms with Gasteiger partial charge in [0.05, 0.1) is 23.4 Å². The van der Waals surface area contributed by atoms with Gasteiger partial charge < -0.3 is 10.6 Å². The van der Waals surface area contributed by atoms with Gasteiger partial charge in [-0.05, 0) is 54.6 Å². The minimum Gasteiger partial charge on any atom is -0.691 e. The molecule has 3 rings (SSSR count). The summed E-state index contributed by atoms with van der Waals surface area (Å²) in [5.41, 5.74) is 3.37. The minimum atomic E-state index is 0. The van der Waals surface area contributed by atoms with Crippen LogP contribution in [0.15, 0.2) is 94.0 Å². The molecule has 0 aliphatic rings. The van der Waals surface area contributed by atoms with Gasteiger partial charge in [0.1, 0.15) is 0 Å². The summed E-state index contributed by atoms with van der Waals surface area (Å²) < 4.78 is 4.28. The van der Waals surface area contributed by atoms with E-state index in [1.807, 2.05) is 54.6 Å². The quantitative estimate of drug-likeness (QED) is 0.225. The molecule has 0 amide bonds. The number of hydrogen-bond donors (Lipinski definition) is 1. The van der Waals surface area contributed by atoms with Gasteiger partial charge in [-0.1, -0.05) is 24.3 Å². The van der Waals surface area contributed by atoms with E-state index in [-0.39, 0.29) is 29.6 Å². The Kier molecular flexibility index (Phi) is 8.79. The average molecular weight is 375 g/mol. The zero-order chi connectivity index (χ0) is 17.3. The molecule has 0 heterocycles. The van der Waals surface area contributed by atoms with Crippen molar-refractivity contribution >= 4 is 34.8 Å². The molecule has 0 aliphatic heterocycles.